The quantitative estimate of drug-likeness (QED) is 0.876. The summed E-state index contributed by atoms with van der Waals surface area (Å²) < 4.78 is 10.6. The zero-order chi connectivity index (χ0) is 16.4. The number of ether oxygens (including phenoxy) is 2. The summed E-state index contributed by atoms with van der Waals surface area (Å²) in [5.41, 5.74) is 0.0360. The van der Waals surface area contributed by atoms with E-state index in [0.29, 0.717) is 30.0 Å². The fraction of sp³-hybridized carbons (Fsp3) is 0.588. The molecule has 2 heterocycles. The second kappa shape index (κ2) is 6.37. The fourth-order valence-electron chi connectivity index (χ4n) is 3.47. The molecular weight excluding hydrogens is 298 g/mol. The van der Waals surface area contributed by atoms with Crippen molar-refractivity contribution in [3.8, 4) is 11.5 Å². The molecule has 1 aromatic carbocycles. The molecule has 2 atom stereocenters. The lowest BCUT2D eigenvalue weighted by molar-refractivity contribution is -0.0713. The van der Waals surface area contributed by atoms with Gasteiger partial charge in [0, 0.05) is 24.1 Å². The number of rotatable bonds is 4. The first-order valence-electron chi connectivity index (χ1n) is 8.07. The summed E-state index contributed by atoms with van der Waals surface area (Å²) in [5.74, 6) is 1.08. The van der Waals surface area contributed by atoms with Crippen molar-refractivity contribution in [1.82, 2.24) is 4.90 Å². The van der Waals surface area contributed by atoms with Crippen LogP contribution in [0, 0.1) is 5.41 Å². The molecule has 0 unspecified atom stereocenters. The van der Waals surface area contributed by atoms with Gasteiger partial charge in [-0.05, 0) is 31.0 Å². The number of amides is 1. The fourth-order valence-corrected chi connectivity index (χ4v) is 3.47. The summed E-state index contributed by atoms with van der Waals surface area (Å²) in [5, 5.41) is 20.2. The van der Waals surface area contributed by atoms with Gasteiger partial charge in [0.25, 0.3) is 5.91 Å². The molecule has 3 rings (SSSR count). The van der Waals surface area contributed by atoms with Gasteiger partial charge < -0.3 is 24.6 Å². The van der Waals surface area contributed by atoms with E-state index < -0.39 is 11.5 Å². The number of aliphatic hydroxyl groups excluding tert-OH is 2. The van der Waals surface area contributed by atoms with Gasteiger partial charge >= 0.3 is 0 Å². The lowest BCUT2D eigenvalue weighted by Crippen LogP contribution is -2.54. The van der Waals surface area contributed by atoms with Gasteiger partial charge in [0.2, 0.25) is 6.79 Å². The van der Waals surface area contributed by atoms with Crippen LogP contribution in [0.2, 0.25) is 0 Å². The van der Waals surface area contributed by atoms with Crippen molar-refractivity contribution in [2.45, 2.75) is 32.3 Å². The molecule has 1 fully saturated rings. The van der Waals surface area contributed by atoms with Crippen molar-refractivity contribution in [2.75, 3.05) is 26.5 Å². The largest absolute Gasteiger partial charge is 0.454 e. The van der Waals surface area contributed by atoms with Gasteiger partial charge in [-0.2, -0.15) is 0 Å². The number of fused-ring (bicyclic) bond motifs is 1. The summed E-state index contributed by atoms with van der Waals surface area (Å²) in [7, 11) is 0. The summed E-state index contributed by atoms with van der Waals surface area (Å²) in [4.78, 5) is 14.3. The molecule has 23 heavy (non-hydrogen) atoms. The number of nitrogens with zero attached hydrogens (tertiary/aromatic N) is 1. The summed E-state index contributed by atoms with van der Waals surface area (Å²) >= 11 is 0. The average molecular weight is 321 g/mol. The molecule has 6 nitrogen and oxygen atoms in total. The van der Waals surface area contributed by atoms with Crippen LogP contribution in [0.3, 0.4) is 0 Å². The van der Waals surface area contributed by atoms with Gasteiger partial charge in [0.1, 0.15) is 0 Å². The third-order valence-corrected chi connectivity index (χ3v) is 4.95. The Morgan fingerprint density at radius 1 is 1.39 bits per heavy atom. The number of aliphatic hydroxyl groups is 2. The zero-order valence-electron chi connectivity index (χ0n) is 13.3. The Kier molecular flexibility index (Phi) is 4.46. The monoisotopic (exact) mass is 321 g/mol. The highest BCUT2D eigenvalue weighted by Gasteiger charge is 2.42. The normalized spacial score (nSPS) is 26.4. The number of β-amino-alcohol motifs (C(OH)–C–C–N with tert-alkyl or cyclic N) is 1. The minimum Gasteiger partial charge on any atom is -0.454 e. The molecular formula is C17H23NO5. The molecule has 0 bridgehead atoms. The first-order chi connectivity index (χ1) is 11.1. The van der Waals surface area contributed by atoms with E-state index >= 15 is 0 Å². The SMILES string of the molecule is CCC[C@]1(CO)CCN(C(=O)c2ccc3c(c2)OCO3)C[C@H]1O. The second-order valence-corrected chi connectivity index (χ2v) is 6.36. The Labute approximate surface area is 135 Å². The third kappa shape index (κ3) is 2.88. The van der Waals surface area contributed by atoms with E-state index in [-0.39, 0.29) is 25.9 Å². The predicted molar refractivity (Wildman–Crippen MR) is 83.5 cm³/mol. The van der Waals surface area contributed by atoms with Crippen molar-refractivity contribution >= 4 is 5.91 Å². The summed E-state index contributed by atoms with van der Waals surface area (Å²) in [6.07, 6.45) is 1.55. The number of carbonyl (C=O) groups excluding carboxylic acids is 1. The van der Waals surface area contributed by atoms with E-state index in [0.717, 1.165) is 12.8 Å². The number of likely N-dealkylation sites (tertiary alicyclic amines) is 1. The molecule has 0 aromatic heterocycles. The Hall–Kier alpha value is -1.79. The van der Waals surface area contributed by atoms with Crippen LogP contribution in [0.4, 0.5) is 0 Å². The van der Waals surface area contributed by atoms with Crippen LogP contribution < -0.4 is 9.47 Å². The van der Waals surface area contributed by atoms with E-state index in [1.165, 1.54) is 0 Å². The van der Waals surface area contributed by atoms with Crippen molar-refractivity contribution in [3.63, 3.8) is 0 Å². The van der Waals surface area contributed by atoms with Gasteiger partial charge in [-0.3, -0.25) is 4.79 Å². The van der Waals surface area contributed by atoms with Crippen LogP contribution in [0.5, 0.6) is 11.5 Å². The molecule has 2 N–H and O–H groups in total. The van der Waals surface area contributed by atoms with Gasteiger partial charge in [0.15, 0.2) is 11.5 Å². The number of piperidine rings is 1. The van der Waals surface area contributed by atoms with Crippen molar-refractivity contribution < 1.29 is 24.5 Å². The van der Waals surface area contributed by atoms with Crippen molar-refractivity contribution in [2.24, 2.45) is 5.41 Å². The smallest absolute Gasteiger partial charge is 0.254 e. The molecule has 0 aliphatic carbocycles. The van der Waals surface area contributed by atoms with E-state index in [4.69, 9.17) is 9.47 Å². The first kappa shape index (κ1) is 16.1. The number of benzene rings is 1. The van der Waals surface area contributed by atoms with Crippen LogP contribution in [-0.2, 0) is 0 Å². The van der Waals surface area contributed by atoms with E-state index in [9.17, 15) is 15.0 Å². The van der Waals surface area contributed by atoms with Crippen LogP contribution in [0.15, 0.2) is 18.2 Å². The number of hydrogen-bond donors (Lipinski definition) is 2. The highest BCUT2D eigenvalue weighted by molar-refractivity contribution is 5.95. The highest BCUT2D eigenvalue weighted by atomic mass is 16.7. The van der Waals surface area contributed by atoms with E-state index in [2.05, 4.69) is 0 Å². The summed E-state index contributed by atoms with van der Waals surface area (Å²) in [6, 6.07) is 5.12. The highest BCUT2D eigenvalue weighted by Crippen LogP contribution is 2.37. The topological polar surface area (TPSA) is 79.2 Å². The minimum absolute atomic E-state index is 0.0476. The molecule has 2 aliphatic heterocycles. The maximum absolute atomic E-state index is 12.7. The second-order valence-electron chi connectivity index (χ2n) is 6.36. The molecule has 0 spiro atoms. The van der Waals surface area contributed by atoms with Gasteiger partial charge in [-0.25, -0.2) is 0 Å². The van der Waals surface area contributed by atoms with E-state index in [1.54, 1.807) is 23.1 Å². The number of carbonyl (C=O) groups is 1. The Morgan fingerprint density at radius 2 is 2.17 bits per heavy atom. The number of hydrogen-bond acceptors (Lipinski definition) is 5. The van der Waals surface area contributed by atoms with Crippen LogP contribution in [0.25, 0.3) is 0 Å². The Morgan fingerprint density at radius 3 is 2.87 bits per heavy atom. The lowest BCUT2D eigenvalue weighted by atomic mass is 9.73. The van der Waals surface area contributed by atoms with Crippen LogP contribution >= 0.6 is 0 Å². The minimum atomic E-state index is -0.709. The van der Waals surface area contributed by atoms with Crippen LogP contribution in [0.1, 0.15) is 36.5 Å². The first-order valence-corrected chi connectivity index (χ1v) is 8.07. The predicted octanol–water partition coefficient (Wildman–Crippen LogP) is 1.40. The summed E-state index contributed by atoms with van der Waals surface area (Å²) in [6.45, 7) is 2.94. The van der Waals surface area contributed by atoms with Crippen molar-refractivity contribution in [3.05, 3.63) is 23.8 Å². The maximum Gasteiger partial charge on any atom is 0.254 e. The van der Waals surface area contributed by atoms with E-state index in [1.807, 2.05) is 6.92 Å². The molecule has 2 aliphatic rings. The molecule has 0 radical (unpaired) electrons. The molecule has 6 heteroatoms. The van der Waals surface area contributed by atoms with Crippen LogP contribution in [-0.4, -0.2) is 53.6 Å². The third-order valence-electron chi connectivity index (χ3n) is 4.95. The van der Waals surface area contributed by atoms with Gasteiger partial charge in [0.05, 0.1) is 12.7 Å². The van der Waals surface area contributed by atoms with Gasteiger partial charge in [-0.15, -0.1) is 0 Å². The maximum atomic E-state index is 12.7. The lowest BCUT2D eigenvalue weighted by Gasteiger charge is -2.44. The molecule has 1 saturated heterocycles. The average Bonchev–Trinajstić information content (AvgIpc) is 3.03. The molecule has 1 aromatic rings. The Bertz CT molecular complexity index is 590. The van der Waals surface area contributed by atoms with Crippen molar-refractivity contribution in [1.29, 1.82) is 0 Å². The molecule has 126 valence electrons. The Balaban J connectivity index is 1.72. The van der Waals surface area contributed by atoms with Gasteiger partial charge in [-0.1, -0.05) is 13.3 Å². The zero-order valence-corrected chi connectivity index (χ0v) is 13.3. The molecule has 1 amide bonds. The molecule has 0 saturated carbocycles. The standard InChI is InChI=1S/C17H23NO5/c1-2-5-17(10-19)6-7-18(9-15(17)20)16(21)12-3-4-13-14(8-12)23-11-22-13/h3-4,8,15,19-20H,2,5-7,9-11H2,1H3/t15-,17-/m1/s1.